The van der Waals surface area contributed by atoms with Gasteiger partial charge < -0.3 is 14.8 Å². The van der Waals surface area contributed by atoms with E-state index < -0.39 is 16.9 Å². The average Bonchev–Trinajstić information content (AvgIpc) is 2.82. The predicted octanol–water partition coefficient (Wildman–Crippen LogP) is 5.89. The highest BCUT2D eigenvalue weighted by Gasteiger charge is 2.24. The summed E-state index contributed by atoms with van der Waals surface area (Å²) in [5.41, 5.74) is 0.357. The maximum Gasteiger partial charge on any atom is 0.328 e. The van der Waals surface area contributed by atoms with Gasteiger partial charge in [0.05, 0.1) is 18.6 Å². The van der Waals surface area contributed by atoms with Gasteiger partial charge in [0.15, 0.2) is 5.75 Å². The minimum absolute atomic E-state index is 0.105. The first kappa shape index (κ1) is 29.4. The maximum absolute atomic E-state index is 12.4. The van der Waals surface area contributed by atoms with Crippen molar-refractivity contribution in [1.82, 2.24) is 5.32 Å². The van der Waals surface area contributed by atoms with Gasteiger partial charge >= 0.3 is 11.7 Å². The van der Waals surface area contributed by atoms with Crippen molar-refractivity contribution in [1.29, 1.82) is 0 Å². The van der Waals surface area contributed by atoms with Crippen molar-refractivity contribution >= 4 is 17.6 Å². The number of carbonyl (C=O) groups excluding carboxylic acids is 2. The van der Waals surface area contributed by atoms with E-state index >= 15 is 0 Å². The molecule has 0 aliphatic rings. The van der Waals surface area contributed by atoms with Crippen molar-refractivity contribution in [3.8, 4) is 5.75 Å². The number of nitrogens with zero attached hydrogens (tertiary/aromatic N) is 1. The van der Waals surface area contributed by atoms with Crippen LogP contribution in [0.25, 0.3) is 0 Å². The molecule has 0 aliphatic carbocycles. The third-order valence-electron chi connectivity index (χ3n) is 5.79. The third kappa shape index (κ3) is 12.0. The van der Waals surface area contributed by atoms with Gasteiger partial charge in [0.2, 0.25) is 5.91 Å². The Bertz CT molecular complexity index is 753. The lowest BCUT2D eigenvalue weighted by atomic mass is 10.0. The van der Waals surface area contributed by atoms with Gasteiger partial charge in [0, 0.05) is 18.9 Å². The summed E-state index contributed by atoms with van der Waals surface area (Å²) >= 11 is 0. The molecule has 34 heavy (non-hydrogen) atoms. The van der Waals surface area contributed by atoms with Crippen LogP contribution in [-0.2, 0) is 20.7 Å². The summed E-state index contributed by atoms with van der Waals surface area (Å²) in [4.78, 5) is 35.6. The van der Waals surface area contributed by atoms with Crippen LogP contribution in [0.5, 0.6) is 5.75 Å². The molecular weight excluding hydrogens is 436 g/mol. The van der Waals surface area contributed by atoms with Gasteiger partial charge in [-0.05, 0) is 25.0 Å². The molecule has 1 N–H and O–H groups in total. The van der Waals surface area contributed by atoms with Crippen molar-refractivity contribution in [2.75, 3.05) is 13.7 Å². The Hall–Kier alpha value is -2.64. The van der Waals surface area contributed by atoms with Crippen molar-refractivity contribution in [3.63, 3.8) is 0 Å². The summed E-state index contributed by atoms with van der Waals surface area (Å²) in [5.74, 6) is -0.618. The SMILES string of the molecule is CCCCCCCCCCCCCC(=O)N[C@@H](Cc1ccc(OC)c([N+](=O)[O-])c1)C(=O)OCC. The monoisotopic (exact) mass is 478 g/mol. The number of carbonyl (C=O) groups is 2. The zero-order valence-electron chi connectivity index (χ0n) is 21.1. The molecule has 0 aliphatic heterocycles. The van der Waals surface area contributed by atoms with Crippen molar-refractivity contribution in [3.05, 3.63) is 33.9 Å². The Morgan fingerprint density at radius 3 is 2.09 bits per heavy atom. The zero-order chi connectivity index (χ0) is 25.2. The van der Waals surface area contributed by atoms with Crippen molar-refractivity contribution in [2.45, 2.75) is 103 Å². The Morgan fingerprint density at radius 1 is 0.971 bits per heavy atom. The molecule has 0 saturated heterocycles. The van der Waals surface area contributed by atoms with Gasteiger partial charge in [-0.15, -0.1) is 0 Å². The number of hydrogen-bond acceptors (Lipinski definition) is 6. The summed E-state index contributed by atoms with van der Waals surface area (Å²) in [6.45, 7) is 4.11. The lowest BCUT2D eigenvalue weighted by Crippen LogP contribution is -2.43. The van der Waals surface area contributed by atoms with Crippen LogP contribution >= 0.6 is 0 Å². The number of rotatable bonds is 19. The summed E-state index contributed by atoms with van der Waals surface area (Å²) < 4.78 is 10.1. The van der Waals surface area contributed by atoms with Gasteiger partial charge in [-0.25, -0.2) is 4.79 Å². The minimum atomic E-state index is -0.895. The first-order valence-electron chi connectivity index (χ1n) is 12.7. The molecule has 1 rings (SSSR count). The Kier molecular flexibility index (Phi) is 15.4. The molecular formula is C26H42N2O6. The number of esters is 1. The molecule has 0 saturated carbocycles. The average molecular weight is 479 g/mol. The van der Waals surface area contributed by atoms with E-state index in [9.17, 15) is 19.7 Å². The minimum Gasteiger partial charge on any atom is -0.490 e. The van der Waals surface area contributed by atoms with E-state index in [4.69, 9.17) is 9.47 Å². The number of amides is 1. The molecule has 0 bridgehead atoms. The van der Waals surface area contributed by atoms with Gasteiger partial charge in [0.1, 0.15) is 6.04 Å². The second-order valence-electron chi connectivity index (χ2n) is 8.63. The molecule has 0 aromatic heterocycles. The van der Waals surface area contributed by atoms with Gasteiger partial charge in [0.25, 0.3) is 0 Å². The fraction of sp³-hybridized carbons (Fsp3) is 0.692. The highest BCUT2D eigenvalue weighted by atomic mass is 16.6. The van der Waals surface area contributed by atoms with E-state index in [1.165, 1.54) is 70.6 Å². The second-order valence-corrected chi connectivity index (χ2v) is 8.63. The van der Waals surface area contributed by atoms with E-state index in [1.54, 1.807) is 13.0 Å². The van der Waals surface area contributed by atoms with Gasteiger partial charge in [-0.1, -0.05) is 77.2 Å². The molecule has 1 atom stereocenters. The molecule has 8 nitrogen and oxygen atoms in total. The van der Waals surface area contributed by atoms with E-state index in [-0.39, 0.29) is 30.4 Å². The van der Waals surface area contributed by atoms with Gasteiger partial charge in [-0.2, -0.15) is 0 Å². The Morgan fingerprint density at radius 2 is 1.56 bits per heavy atom. The summed E-state index contributed by atoms with van der Waals surface area (Å²) in [5, 5.41) is 14.0. The largest absolute Gasteiger partial charge is 0.490 e. The van der Waals surface area contributed by atoms with E-state index in [0.717, 1.165) is 19.3 Å². The number of hydrogen-bond donors (Lipinski definition) is 1. The molecule has 8 heteroatoms. The van der Waals surface area contributed by atoms with Gasteiger partial charge in [-0.3, -0.25) is 14.9 Å². The van der Waals surface area contributed by atoms with Crippen molar-refractivity contribution < 1.29 is 24.0 Å². The Labute approximate surface area is 203 Å². The van der Waals surface area contributed by atoms with E-state index in [0.29, 0.717) is 12.0 Å². The molecule has 1 aromatic carbocycles. The third-order valence-corrected chi connectivity index (χ3v) is 5.79. The number of nitrogens with one attached hydrogen (secondary N) is 1. The maximum atomic E-state index is 12.4. The lowest BCUT2D eigenvalue weighted by molar-refractivity contribution is -0.385. The summed E-state index contributed by atoms with van der Waals surface area (Å²) in [6, 6.07) is 3.60. The van der Waals surface area contributed by atoms with Crippen LogP contribution in [0.4, 0.5) is 5.69 Å². The number of benzene rings is 1. The zero-order valence-corrected chi connectivity index (χ0v) is 21.1. The Balaban J connectivity index is 2.45. The molecule has 0 radical (unpaired) electrons. The number of nitro groups is 1. The summed E-state index contributed by atoms with van der Waals surface area (Å²) in [6.07, 6.45) is 13.6. The first-order chi connectivity index (χ1) is 16.4. The lowest BCUT2D eigenvalue weighted by Gasteiger charge is -2.17. The number of methoxy groups -OCH3 is 1. The molecule has 192 valence electrons. The number of nitro benzene ring substituents is 1. The molecule has 0 fully saturated rings. The summed E-state index contributed by atoms with van der Waals surface area (Å²) in [7, 11) is 1.36. The van der Waals surface area contributed by atoms with Crippen LogP contribution < -0.4 is 10.1 Å². The molecule has 1 aromatic rings. The highest BCUT2D eigenvalue weighted by molar-refractivity contribution is 5.84. The second kappa shape index (κ2) is 17.8. The molecule has 0 unspecified atom stereocenters. The standard InChI is InChI=1S/C26H42N2O6/c1-4-6-7-8-9-10-11-12-13-14-15-16-25(29)27-22(26(30)34-5-2)19-21-17-18-24(33-3)23(20-21)28(31)32/h17-18,20,22H,4-16,19H2,1-3H3,(H,27,29)/t22-/m0/s1. The van der Waals surface area contributed by atoms with E-state index in [2.05, 4.69) is 12.2 Å². The predicted molar refractivity (Wildman–Crippen MR) is 133 cm³/mol. The first-order valence-corrected chi connectivity index (χ1v) is 12.7. The van der Waals surface area contributed by atoms with Crippen LogP contribution in [0, 0.1) is 10.1 Å². The van der Waals surface area contributed by atoms with Crippen LogP contribution in [-0.4, -0.2) is 36.6 Å². The topological polar surface area (TPSA) is 108 Å². The smallest absolute Gasteiger partial charge is 0.328 e. The molecule has 0 spiro atoms. The van der Waals surface area contributed by atoms with Crippen LogP contribution in [0.1, 0.15) is 96.5 Å². The molecule has 1 amide bonds. The van der Waals surface area contributed by atoms with Crippen LogP contribution in [0.3, 0.4) is 0 Å². The number of unbranched alkanes of at least 4 members (excludes halogenated alkanes) is 10. The van der Waals surface area contributed by atoms with Crippen LogP contribution in [0.2, 0.25) is 0 Å². The van der Waals surface area contributed by atoms with Crippen LogP contribution in [0.15, 0.2) is 18.2 Å². The normalized spacial score (nSPS) is 11.6. The number of ether oxygens (including phenoxy) is 2. The highest BCUT2D eigenvalue weighted by Crippen LogP contribution is 2.28. The van der Waals surface area contributed by atoms with E-state index in [1.807, 2.05) is 0 Å². The van der Waals surface area contributed by atoms with Crippen molar-refractivity contribution in [2.24, 2.45) is 0 Å². The quantitative estimate of drug-likeness (QED) is 0.115. The molecule has 0 heterocycles. The fourth-order valence-corrected chi connectivity index (χ4v) is 3.89. The fourth-order valence-electron chi connectivity index (χ4n) is 3.89.